The van der Waals surface area contributed by atoms with Crippen molar-refractivity contribution in [2.24, 2.45) is 5.92 Å². The Labute approximate surface area is 205 Å². The van der Waals surface area contributed by atoms with E-state index in [1.54, 1.807) is 32.9 Å². The molecule has 0 saturated carbocycles. The lowest BCUT2D eigenvalue weighted by atomic mass is 10.1. The predicted octanol–water partition coefficient (Wildman–Crippen LogP) is 1.55. The number of aryl methyl sites for hydroxylation is 1. The van der Waals surface area contributed by atoms with E-state index in [2.05, 4.69) is 40.5 Å². The fourth-order valence-corrected chi connectivity index (χ4v) is 4.35. The van der Waals surface area contributed by atoms with Crippen molar-refractivity contribution in [3.8, 4) is 0 Å². The number of aromatic amines is 1. The Hall–Kier alpha value is -2.08. The van der Waals surface area contributed by atoms with Gasteiger partial charge in [-0.15, -0.1) is 0 Å². The number of H-pyrrole nitrogens is 1. The molecule has 12 nitrogen and oxygen atoms in total. The maximum atomic E-state index is 12.2. The molecule has 0 spiro atoms. The summed E-state index contributed by atoms with van der Waals surface area (Å²) in [6.07, 6.45) is 3.00. The Kier molecular flexibility index (Phi) is 12.8. The highest BCUT2D eigenvalue weighted by atomic mass is 31.2. The number of methoxy groups -OCH3 is 1. The lowest BCUT2D eigenvalue weighted by molar-refractivity contribution is -0.143. The first kappa shape index (κ1) is 31.0. The lowest BCUT2D eigenvalue weighted by Gasteiger charge is -2.23. The Balaban J connectivity index is 0.000000762. The fraction of sp³-hybridized carbons (Fsp3) is 0.682. The first-order valence-electron chi connectivity index (χ1n) is 11.6. The van der Waals surface area contributed by atoms with Crippen LogP contribution < -0.4 is 16.3 Å². The molecule has 1 aliphatic rings. The average Bonchev–Trinajstić information content (AvgIpc) is 3.28. The number of nitrogens with one attached hydrogen (secondary N) is 2. The highest BCUT2D eigenvalue weighted by molar-refractivity contribution is 7.50. The van der Waals surface area contributed by atoms with E-state index in [1.165, 1.54) is 37.5 Å². The smallest absolute Gasteiger partial charge is 0.403 e. The summed E-state index contributed by atoms with van der Waals surface area (Å²) in [5.41, 5.74) is -0.789. The van der Waals surface area contributed by atoms with E-state index in [9.17, 15) is 23.8 Å². The molecule has 2 heterocycles. The van der Waals surface area contributed by atoms with Crippen LogP contribution in [0.5, 0.6) is 0 Å². The van der Waals surface area contributed by atoms with Gasteiger partial charge in [0.25, 0.3) is 5.56 Å². The van der Waals surface area contributed by atoms with Crippen LogP contribution in [0.2, 0.25) is 0 Å². The van der Waals surface area contributed by atoms with Crippen molar-refractivity contribution in [3.63, 3.8) is 0 Å². The van der Waals surface area contributed by atoms with Gasteiger partial charge in [-0.05, 0) is 38.6 Å². The minimum atomic E-state index is -4.32. The Morgan fingerprint density at radius 2 is 1.86 bits per heavy atom. The minimum absolute atomic E-state index is 0.295. The first-order valence-corrected chi connectivity index (χ1v) is 13.2. The van der Waals surface area contributed by atoms with Crippen molar-refractivity contribution in [2.75, 3.05) is 33.4 Å². The number of hydrogen-bond donors (Lipinski definition) is 3. The number of carbonyl (C=O) groups excluding carboxylic acids is 1. The van der Waals surface area contributed by atoms with E-state index in [0.717, 1.165) is 0 Å². The van der Waals surface area contributed by atoms with Crippen LogP contribution in [0.25, 0.3) is 0 Å². The molecule has 4 atom stereocenters. The number of hydrogen-bond acceptors (Lipinski definition) is 8. The van der Waals surface area contributed by atoms with Crippen molar-refractivity contribution in [1.29, 1.82) is 0 Å². The SMILES string of the molecule is CCN(CC)CC.COC(=O)[C@@H](NP(=O)(O)OC[C@@H]1C=C[C@H](n2cc(C)c(=O)[nH]c2=O)O1)C(C)C. The van der Waals surface area contributed by atoms with Gasteiger partial charge in [0.1, 0.15) is 12.1 Å². The molecule has 2 rings (SSSR count). The van der Waals surface area contributed by atoms with E-state index < -0.39 is 43.3 Å². The van der Waals surface area contributed by atoms with E-state index >= 15 is 0 Å². The highest BCUT2D eigenvalue weighted by Gasteiger charge is 2.33. The van der Waals surface area contributed by atoms with Gasteiger partial charge >= 0.3 is 19.4 Å². The van der Waals surface area contributed by atoms with E-state index in [0.29, 0.717) is 5.56 Å². The van der Waals surface area contributed by atoms with Gasteiger partial charge < -0.3 is 19.3 Å². The normalized spacial score (nSPS) is 19.8. The van der Waals surface area contributed by atoms with Gasteiger partial charge in [-0.25, -0.2) is 14.4 Å². The van der Waals surface area contributed by atoms with E-state index in [1.807, 2.05) is 0 Å². The van der Waals surface area contributed by atoms with Gasteiger partial charge in [-0.3, -0.25) is 23.7 Å². The maximum absolute atomic E-state index is 12.2. The summed E-state index contributed by atoms with van der Waals surface area (Å²) in [4.78, 5) is 49.6. The Bertz CT molecular complexity index is 996. The maximum Gasteiger partial charge on any atom is 0.403 e. The zero-order valence-electron chi connectivity index (χ0n) is 21.5. The molecule has 0 aliphatic carbocycles. The third-order valence-corrected chi connectivity index (χ3v) is 6.51. The average molecular weight is 519 g/mol. The van der Waals surface area contributed by atoms with Crippen molar-refractivity contribution >= 4 is 13.7 Å². The molecule has 1 aromatic heterocycles. The topological polar surface area (TPSA) is 152 Å². The second kappa shape index (κ2) is 14.5. The van der Waals surface area contributed by atoms with Crippen LogP contribution in [0.4, 0.5) is 0 Å². The molecule has 1 aromatic rings. The predicted molar refractivity (Wildman–Crippen MR) is 132 cm³/mol. The monoisotopic (exact) mass is 518 g/mol. The first-order chi connectivity index (χ1) is 16.4. The van der Waals surface area contributed by atoms with Crippen LogP contribution in [0.3, 0.4) is 0 Å². The molecule has 3 N–H and O–H groups in total. The molecule has 200 valence electrons. The number of esters is 1. The molecule has 0 aromatic carbocycles. The fourth-order valence-electron chi connectivity index (χ4n) is 3.18. The van der Waals surface area contributed by atoms with Crippen molar-refractivity contribution < 1.29 is 28.3 Å². The summed E-state index contributed by atoms with van der Waals surface area (Å²) in [6, 6.07) is -1.02. The van der Waals surface area contributed by atoms with Crippen LogP contribution in [-0.4, -0.2) is 70.8 Å². The number of ether oxygens (including phenoxy) is 2. The van der Waals surface area contributed by atoms with Gasteiger partial charge in [0.2, 0.25) is 0 Å². The number of rotatable bonds is 11. The van der Waals surface area contributed by atoms with Gasteiger partial charge in [0, 0.05) is 11.8 Å². The molecular weight excluding hydrogens is 479 g/mol. The molecule has 35 heavy (non-hydrogen) atoms. The summed E-state index contributed by atoms with van der Waals surface area (Å²) < 4.78 is 28.6. The lowest BCUT2D eigenvalue weighted by Crippen LogP contribution is -2.40. The van der Waals surface area contributed by atoms with Crippen LogP contribution >= 0.6 is 7.75 Å². The summed E-state index contributed by atoms with van der Waals surface area (Å²) >= 11 is 0. The highest BCUT2D eigenvalue weighted by Crippen LogP contribution is 2.39. The summed E-state index contributed by atoms with van der Waals surface area (Å²) in [5, 5.41) is 2.27. The van der Waals surface area contributed by atoms with Gasteiger partial charge in [0.05, 0.1) is 13.7 Å². The molecular formula is C22H39N4O8P. The van der Waals surface area contributed by atoms with E-state index in [-0.39, 0.29) is 12.5 Å². The Morgan fingerprint density at radius 1 is 1.26 bits per heavy atom. The van der Waals surface area contributed by atoms with Crippen LogP contribution in [-0.2, 0) is 23.4 Å². The number of aromatic nitrogens is 2. The molecule has 0 fully saturated rings. The quantitative estimate of drug-likeness (QED) is 0.223. The van der Waals surface area contributed by atoms with Gasteiger partial charge in [0.15, 0.2) is 6.23 Å². The number of carbonyl (C=O) groups is 1. The molecule has 0 bridgehead atoms. The summed E-state index contributed by atoms with van der Waals surface area (Å²) in [5.74, 6) is -0.989. The zero-order chi connectivity index (χ0) is 26.8. The minimum Gasteiger partial charge on any atom is -0.468 e. The third kappa shape index (κ3) is 9.83. The summed E-state index contributed by atoms with van der Waals surface area (Å²) in [7, 11) is -3.14. The van der Waals surface area contributed by atoms with Crippen LogP contribution in [0.15, 0.2) is 27.9 Å². The standard InChI is InChI=1S/C16H24N3O8P.C6H15N/c1-9(2)13(15(21)25-4)18-28(23,24)26-8-11-5-6-12(27-11)19-7-10(3)14(20)17-16(19)22;1-4-7(5-2)6-3/h5-7,9,11-13H,8H2,1-4H3,(H,17,20,22)(H2,18,23,24);4-6H2,1-3H3/t11-,12+,13-;/m0./s1. The van der Waals surface area contributed by atoms with Crippen molar-refractivity contribution in [1.82, 2.24) is 19.5 Å². The van der Waals surface area contributed by atoms with Crippen LogP contribution in [0.1, 0.15) is 46.4 Å². The summed E-state index contributed by atoms with van der Waals surface area (Å²) in [6.45, 7) is 14.8. The molecule has 13 heteroatoms. The molecule has 0 saturated heterocycles. The largest absolute Gasteiger partial charge is 0.468 e. The van der Waals surface area contributed by atoms with E-state index in [4.69, 9.17) is 9.26 Å². The molecule has 1 aliphatic heterocycles. The van der Waals surface area contributed by atoms with Gasteiger partial charge in [-0.2, -0.15) is 0 Å². The van der Waals surface area contributed by atoms with Gasteiger partial charge in [-0.1, -0.05) is 40.7 Å². The van der Waals surface area contributed by atoms with Crippen molar-refractivity contribution in [3.05, 3.63) is 44.8 Å². The van der Waals surface area contributed by atoms with Crippen molar-refractivity contribution in [2.45, 2.75) is 59.9 Å². The second-order valence-corrected chi connectivity index (χ2v) is 9.80. The second-order valence-electron chi connectivity index (χ2n) is 8.24. The molecule has 0 radical (unpaired) electrons. The molecule has 1 unspecified atom stereocenters. The molecule has 0 amide bonds. The third-order valence-electron chi connectivity index (χ3n) is 5.40. The number of nitrogens with zero attached hydrogens (tertiary/aromatic N) is 2. The van der Waals surface area contributed by atoms with Crippen LogP contribution in [0, 0.1) is 12.8 Å². The zero-order valence-corrected chi connectivity index (χ0v) is 22.4. The Morgan fingerprint density at radius 3 is 2.34 bits per heavy atom.